The number of aryl methyl sites for hydroxylation is 2. The van der Waals surface area contributed by atoms with Crippen molar-refractivity contribution >= 4 is 21.8 Å². The first kappa shape index (κ1) is 23.9. The molecule has 0 radical (unpaired) electrons. The Hall–Kier alpha value is -5.15. The summed E-state index contributed by atoms with van der Waals surface area (Å²) in [5.41, 5.74) is 12.6. The Labute approximate surface area is 233 Å². The average molecular weight is 514 g/mol. The number of benzene rings is 4. The highest BCUT2D eigenvalue weighted by Crippen LogP contribution is 2.36. The van der Waals surface area contributed by atoms with Crippen molar-refractivity contribution in [3.8, 4) is 44.8 Å². The van der Waals surface area contributed by atoms with Gasteiger partial charge in [-0.2, -0.15) is 0 Å². The fourth-order valence-corrected chi connectivity index (χ4v) is 5.41. The van der Waals surface area contributed by atoms with Gasteiger partial charge in [-0.25, -0.2) is 4.98 Å². The van der Waals surface area contributed by atoms with Crippen LogP contribution in [-0.2, 0) is 0 Å². The highest BCUT2D eigenvalue weighted by Gasteiger charge is 2.13. The van der Waals surface area contributed by atoms with Crippen LogP contribution in [0.25, 0.3) is 66.6 Å². The molecular weight excluding hydrogens is 486 g/mol. The molecule has 4 aromatic carbocycles. The first-order valence-corrected chi connectivity index (χ1v) is 13.5. The molecule has 0 bridgehead atoms. The fourth-order valence-electron chi connectivity index (χ4n) is 5.41. The van der Waals surface area contributed by atoms with Crippen LogP contribution in [0, 0.1) is 13.8 Å². The van der Waals surface area contributed by atoms with Crippen molar-refractivity contribution in [3.63, 3.8) is 0 Å². The lowest BCUT2D eigenvalue weighted by atomic mass is 9.94. The Morgan fingerprint density at radius 2 is 1.00 bits per heavy atom. The summed E-state index contributed by atoms with van der Waals surface area (Å²) in [6.45, 7) is 4.09. The summed E-state index contributed by atoms with van der Waals surface area (Å²) >= 11 is 0. The van der Waals surface area contributed by atoms with Crippen molar-refractivity contribution < 1.29 is 0 Å². The third-order valence-electron chi connectivity index (χ3n) is 7.38. The van der Waals surface area contributed by atoms with Gasteiger partial charge in [-0.1, -0.05) is 97.1 Å². The van der Waals surface area contributed by atoms with E-state index in [1.165, 1.54) is 0 Å². The molecule has 0 saturated heterocycles. The zero-order chi connectivity index (χ0) is 27.1. The molecular formula is C37H27N3. The van der Waals surface area contributed by atoms with Gasteiger partial charge in [0.15, 0.2) is 0 Å². The molecule has 0 aliphatic heterocycles. The maximum atomic E-state index is 5.05. The third kappa shape index (κ3) is 4.42. The fraction of sp³-hybridized carbons (Fsp3) is 0.0541. The standard InChI is InChI=1S/C37H27N3/c1-24-16-17-28-18-19-32-33(20-25(2)39-37(32)36(28)38-24)30-15-9-14-29(21-30)31-22-34(26-10-5-3-6-11-26)40-35(23-31)27-12-7-4-8-13-27/h3-23H,1-2H3. The van der Waals surface area contributed by atoms with Crippen molar-refractivity contribution in [2.75, 3.05) is 0 Å². The van der Waals surface area contributed by atoms with Crippen LogP contribution in [0.5, 0.6) is 0 Å². The highest BCUT2D eigenvalue weighted by atomic mass is 14.8. The molecule has 0 unspecified atom stereocenters. The monoisotopic (exact) mass is 513 g/mol. The molecule has 0 N–H and O–H groups in total. The van der Waals surface area contributed by atoms with Crippen LogP contribution in [0.4, 0.5) is 0 Å². The maximum Gasteiger partial charge on any atom is 0.0974 e. The first-order chi connectivity index (χ1) is 19.6. The summed E-state index contributed by atoms with van der Waals surface area (Å²) in [4.78, 5) is 14.8. The number of pyridine rings is 3. The molecule has 0 fully saturated rings. The molecule has 3 aromatic heterocycles. The molecule has 0 aliphatic rings. The van der Waals surface area contributed by atoms with Gasteiger partial charge in [0.1, 0.15) is 0 Å². The molecule has 0 amide bonds. The molecule has 3 nitrogen and oxygen atoms in total. The first-order valence-electron chi connectivity index (χ1n) is 13.5. The lowest BCUT2D eigenvalue weighted by molar-refractivity contribution is 1.23. The van der Waals surface area contributed by atoms with Crippen LogP contribution in [0.3, 0.4) is 0 Å². The molecule has 190 valence electrons. The zero-order valence-electron chi connectivity index (χ0n) is 22.5. The van der Waals surface area contributed by atoms with E-state index in [1.54, 1.807) is 0 Å². The number of fused-ring (bicyclic) bond motifs is 3. The second-order valence-corrected chi connectivity index (χ2v) is 10.2. The molecule has 3 heterocycles. The topological polar surface area (TPSA) is 38.7 Å². The third-order valence-corrected chi connectivity index (χ3v) is 7.38. The van der Waals surface area contributed by atoms with Gasteiger partial charge in [0.05, 0.1) is 22.4 Å². The number of rotatable bonds is 4. The molecule has 0 spiro atoms. The Bertz CT molecular complexity index is 1950. The number of aromatic nitrogens is 3. The van der Waals surface area contributed by atoms with Gasteiger partial charge >= 0.3 is 0 Å². The van der Waals surface area contributed by atoms with Crippen molar-refractivity contribution in [2.24, 2.45) is 0 Å². The molecule has 0 aliphatic carbocycles. The molecule has 7 rings (SSSR count). The van der Waals surface area contributed by atoms with Gasteiger partial charge in [-0.3, -0.25) is 9.97 Å². The molecule has 0 atom stereocenters. The average Bonchev–Trinajstić information content (AvgIpc) is 3.01. The van der Waals surface area contributed by atoms with Gasteiger partial charge < -0.3 is 0 Å². The van der Waals surface area contributed by atoms with Crippen LogP contribution in [0.2, 0.25) is 0 Å². The van der Waals surface area contributed by atoms with Crippen LogP contribution < -0.4 is 0 Å². The van der Waals surface area contributed by atoms with E-state index in [0.29, 0.717) is 0 Å². The number of hydrogen-bond donors (Lipinski definition) is 0. The number of hydrogen-bond acceptors (Lipinski definition) is 3. The second kappa shape index (κ2) is 9.87. The minimum atomic E-state index is 0.947. The van der Waals surface area contributed by atoms with E-state index >= 15 is 0 Å². The normalized spacial score (nSPS) is 11.2. The van der Waals surface area contributed by atoms with Gasteiger partial charge in [0, 0.05) is 33.3 Å². The van der Waals surface area contributed by atoms with Gasteiger partial charge in [-0.05, 0) is 66.4 Å². The lowest BCUT2D eigenvalue weighted by Crippen LogP contribution is -1.93. The number of nitrogens with zero attached hydrogens (tertiary/aromatic N) is 3. The Kier molecular flexibility index (Phi) is 5.90. The van der Waals surface area contributed by atoms with Crippen LogP contribution >= 0.6 is 0 Å². The smallest absolute Gasteiger partial charge is 0.0974 e. The predicted molar refractivity (Wildman–Crippen MR) is 166 cm³/mol. The summed E-state index contributed by atoms with van der Waals surface area (Å²) < 4.78 is 0. The van der Waals surface area contributed by atoms with Crippen molar-refractivity contribution in [1.82, 2.24) is 15.0 Å². The Morgan fingerprint density at radius 3 is 1.70 bits per heavy atom. The van der Waals surface area contributed by atoms with Crippen LogP contribution in [-0.4, -0.2) is 15.0 Å². The van der Waals surface area contributed by atoms with Crippen molar-refractivity contribution in [2.45, 2.75) is 13.8 Å². The van der Waals surface area contributed by atoms with Gasteiger partial charge in [0.2, 0.25) is 0 Å². The summed E-state index contributed by atoms with van der Waals surface area (Å²) in [5.74, 6) is 0. The van der Waals surface area contributed by atoms with Crippen LogP contribution in [0.1, 0.15) is 11.4 Å². The molecule has 0 saturated carbocycles. The SMILES string of the molecule is Cc1ccc2ccc3c(-c4cccc(-c5cc(-c6ccccc6)nc(-c6ccccc6)c5)c4)cc(C)nc3c2n1. The minimum Gasteiger partial charge on any atom is -0.251 e. The lowest BCUT2D eigenvalue weighted by Gasteiger charge is -2.13. The predicted octanol–water partition coefficient (Wildman–Crippen LogP) is 9.46. The Morgan fingerprint density at radius 1 is 0.400 bits per heavy atom. The highest BCUT2D eigenvalue weighted by molar-refractivity contribution is 6.08. The van der Waals surface area contributed by atoms with Gasteiger partial charge in [-0.15, -0.1) is 0 Å². The zero-order valence-corrected chi connectivity index (χ0v) is 22.5. The van der Waals surface area contributed by atoms with E-state index in [0.717, 1.165) is 78.0 Å². The van der Waals surface area contributed by atoms with Crippen LogP contribution in [0.15, 0.2) is 127 Å². The summed E-state index contributed by atoms with van der Waals surface area (Å²) in [7, 11) is 0. The summed E-state index contributed by atoms with van der Waals surface area (Å²) in [6, 6.07) is 44.6. The van der Waals surface area contributed by atoms with E-state index < -0.39 is 0 Å². The molecule has 40 heavy (non-hydrogen) atoms. The largest absolute Gasteiger partial charge is 0.251 e. The molecule has 3 heteroatoms. The quantitative estimate of drug-likeness (QED) is 0.220. The van der Waals surface area contributed by atoms with E-state index in [-0.39, 0.29) is 0 Å². The van der Waals surface area contributed by atoms with Crippen molar-refractivity contribution in [3.05, 3.63) is 139 Å². The maximum absolute atomic E-state index is 5.05. The summed E-state index contributed by atoms with van der Waals surface area (Å²) in [5, 5.41) is 2.22. The second-order valence-electron chi connectivity index (χ2n) is 10.2. The van der Waals surface area contributed by atoms with Crippen molar-refractivity contribution in [1.29, 1.82) is 0 Å². The van der Waals surface area contributed by atoms with E-state index in [1.807, 2.05) is 19.1 Å². The summed E-state index contributed by atoms with van der Waals surface area (Å²) in [6.07, 6.45) is 0. The Balaban J connectivity index is 1.41. The van der Waals surface area contributed by atoms with E-state index in [2.05, 4.69) is 122 Å². The minimum absolute atomic E-state index is 0.947. The van der Waals surface area contributed by atoms with Gasteiger partial charge in [0.25, 0.3) is 0 Å². The van der Waals surface area contributed by atoms with E-state index in [9.17, 15) is 0 Å². The van der Waals surface area contributed by atoms with E-state index in [4.69, 9.17) is 15.0 Å². The molecule has 7 aromatic rings.